The van der Waals surface area contributed by atoms with Crippen LogP contribution in [0.25, 0.3) is 20.8 Å². The van der Waals surface area contributed by atoms with E-state index in [0.29, 0.717) is 5.56 Å². The van der Waals surface area contributed by atoms with Gasteiger partial charge in [0.05, 0.1) is 15.9 Å². The lowest BCUT2D eigenvalue weighted by Crippen LogP contribution is -2.34. The van der Waals surface area contributed by atoms with Crippen LogP contribution >= 0.6 is 68.7 Å². The molecule has 4 nitrogen and oxygen atoms in total. The van der Waals surface area contributed by atoms with Crippen LogP contribution in [0, 0.1) is 7.14 Å². The Morgan fingerprint density at radius 1 is 0.966 bits per heavy atom. The number of nitrogens with one attached hydrogen (secondary N) is 2. The standard InChI is InChI=1S/C21H13I2N3OS2/c22-13-7-5-12(6-8-13)19(27)26-21(28)25-16-10-9-14(23)11-15(16)20-24-17-3-1-2-4-18(17)29-20/h1-11H,(H2,25,26,27,28). The molecule has 3 aromatic carbocycles. The zero-order valence-corrected chi connectivity index (χ0v) is 20.7. The molecule has 0 aliphatic rings. The molecule has 0 fully saturated rings. The van der Waals surface area contributed by atoms with E-state index in [9.17, 15) is 4.79 Å². The monoisotopic (exact) mass is 641 g/mol. The molecule has 0 bridgehead atoms. The predicted octanol–water partition coefficient (Wildman–Crippen LogP) is 6.30. The van der Waals surface area contributed by atoms with Gasteiger partial charge in [0.1, 0.15) is 5.01 Å². The fourth-order valence-electron chi connectivity index (χ4n) is 2.72. The number of rotatable bonds is 3. The van der Waals surface area contributed by atoms with Gasteiger partial charge >= 0.3 is 0 Å². The number of benzene rings is 3. The Morgan fingerprint density at radius 2 is 1.69 bits per heavy atom. The Balaban J connectivity index is 1.58. The number of carbonyl (C=O) groups excluding carboxylic acids is 1. The number of hydrogen-bond donors (Lipinski definition) is 2. The number of thiazole rings is 1. The van der Waals surface area contributed by atoms with Gasteiger partial charge in [0.2, 0.25) is 0 Å². The number of fused-ring (bicyclic) bond motifs is 1. The molecule has 144 valence electrons. The molecule has 0 unspecified atom stereocenters. The van der Waals surface area contributed by atoms with Crippen LogP contribution in [0.2, 0.25) is 0 Å². The third-order valence-electron chi connectivity index (χ3n) is 4.09. The molecule has 0 saturated carbocycles. The first-order valence-corrected chi connectivity index (χ1v) is 11.9. The van der Waals surface area contributed by atoms with Gasteiger partial charge in [-0.05, 0) is 112 Å². The summed E-state index contributed by atoms with van der Waals surface area (Å²) < 4.78 is 3.29. The summed E-state index contributed by atoms with van der Waals surface area (Å²) in [7, 11) is 0. The third kappa shape index (κ3) is 4.93. The van der Waals surface area contributed by atoms with Gasteiger partial charge in [-0.25, -0.2) is 4.98 Å². The first-order chi connectivity index (χ1) is 14.0. The third-order valence-corrected chi connectivity index (χ3v) is 6.75. The van der Waals surface area contributed by atoms with Crippen molar-refractivity contribution in [3.63, 3.8) is 0 Å². The molecular weight excluding hydrogens is 628 g/mol. The lowest BCUT2D eigenvalue weighted by molar-refractivity contribution is 0.0977. The van der Waals surface area contributed by atoms with Crippen LogP contribution in [0.5, 0.6) is 0 Å². The van der Waals surface area contributed by atoms with Crippen molar-refractivity contribution in [1.82, 2.24) is 10.3 Å². The second kappa shape index (κ2) is 9.02. The molecule has 8 heteroatoms. The van der Waals surface area contributed by atoms with Crippen molar-refractivity contribution in [3.05, 3.63) is 79.4 Å². The smallest absolute Gasteiger partial charge is 0.257 e. The minimum atomic E-state index is -0.244. The first-order valence-electron chi connectivity index (χ1n) is 8.53. The molecule has 0 atom stereocenters. The summed E-state index contributed by atoms with van der Waals surface area (Å²) in [5, 5.41) is 7.05. The molecule has 0 saturated heterocycles. The molecule has 4 rings (SSSR count). The molecule has 1 heterocycles. The second-order valence-corrected chi connectivity index (χ2v) is 10.0. The van der Waals surface area contributed by atoms with Gasteiger partial charge < -0.3 is 5.32 Å². The van der Waals surface area contributed by atoms with Crippen molar-refractivity contribution in [3.8, 4) is 10.6 Å². The van der Waals surface area contributed by atoms with E-state index in [4.69, 9.17) is 17.2 Å². The number of thiocarbonyl (C=S) groups is 1. The Bertz CT molecular complexity index is 1190. The van der Waals surface area contributed by atoms with Crippen LogP contribution in [0.3, 0.4) is 0 Å². The normalized spacial score (nSPS) is 10.7. The van der Waals surface area contributed by atoms with E-state index in [1.165, 1.54) is 0 Å². The average Bonchev–Trinajstić information content (AvgIpc) is 3.14. The van der Waals surface area contributed by atoms with Crippen molar-refractivity contribution in [2.24, 2.45) is 0 Å². The van der Waals surface area contributed by atoms with Crippen LogP contribution in [0.1, 0.15) is 10.4 Å². The summed E-state index contributed by atoms with van der Waals surface area (Å²) in [6, 6.07) is 21.4. The first kappa shape index (κ1) is 20.6. The van der Waals surface area contributed by atoms with E-state index in [-0.39, 0.29) is 11.0 Å². The lowest BCUT2D eigenvalue weighted by atomic mass is 10.2. The molecule has 1 amide bonds. The SMILES string of the molecule is O=C(NC(=S)Nc1ccc(I)cc1-c1nc2ccccc2s1)c1ccc(I)cc1. The van der Waals surface area contributed by atoms with Crippen LogP contribution in [0.4, 0.5) is 5.69 Å². The van der Waals surface area contributed by atoms with Gasteiger partial charge in [-0.3, -0.25) is 10.1 Å². The van der Waals surface area contributed by atoms with E-state index in [1.54, 1.807) is 23.5 Å². The summed E-state index contributed by atoms with van der Waals surface area (Å²) in [6.07, 6.45) is 0. The van der Waals surface area contributed by atoms with Gasteiger partial charge in [0.25, 0.3) is 5.91 Å². The Hall–Kier alpha value is -1.63. The maximum atomic E-state index is 12.4. The van der Waals surface area contributed by atoms with Gasteiger partial charge in [-0.15, -0.1) is 11.3 Å². The highest BCUT2D eigenvalue weighted by atomic mass is 127. The number of anilines is 1. The van der Waals surface area contributed by atoms with Crippen molar-refractivity contribution in [1.29, 1.82) is 0 Å². The summed E-state index contributed by atoms with van der Waals surface area (Å²) in [5.74, 6) is -0.244. The summed E-state index contributed by atoms with van der Waals surface area (Å²) >= 11 is 11.5. The molecule has 4 aromatic rings. The van der Waals surface area contributed by atoms with Crippen molar-refractivity contribution < 1.29 is 4.79 Å². The number of hydrogen-bond acceptors (Lipinski definition) is 4. The maximum absolute atomic E-state index is 12.4. The van der Waals surface area contributed by atoms with E-state index in [2.05, 4.69) is 67.9 Å². The molecule has 0 aliphatic carbocycles. The van der Waals surface area contributed by atoms with E-state index in [0.717, 1.165) is 33.6 Å². The molecule has 29 heavy (non-hydrogen) atoms. The minimum Gasteiger partial charge on any atom is -0.332 e. The van der Waals surface area contributed by atoms with Crippen LogP contribution in [-0.2, 0) is 0 Å². The number of para-hydroxylation sites is 1. The van der Waals surface area contributed by atoms with Crippen LogP contribution < -0.4 is 10.6 Å². The number of amides is 1. The number of halogens is 2. The lowest BCUT2D eigenvalue weighted by Gasteiger charge is -2.13. The van der Waals surface area contributed by atoms with Crippen LogP contribution in [-0.4, -0.2) is 16.0 Å². The van der Waals surface area contributed by atoms with E-state index in [1.807, 2.05) is 42.5 Å². The highest BCUT2D eigenvalue weighted by Gasteiger charge is 2.14. The van der Waals surface area contributed by atoms with Gasteiger partial charge in [-0.1, -0.05) is 12.1 Å². The Morgan fingerprint density at radius 3 is 2.45 bits per heavy atom. The largest absolute Gasteiger partial charge is 0.332 e. The minimum absolute atomic E-state index is 0.244. The highest BCUT2D eigenvalue weighted by Crippen LogP contribution is 2.35. The fourth-order valence-corrected chi connectivity index (χ4v) is 4.77. The fraction of sp³-hybridized carbons (Fsp3) is 0. The predicted molar refractivity (Wildman–Crippen MR) is 141 cm³/mol. The molecule has 1 aromatic heterocycles. The van der Waals surface area contributed by atoms with Crippen molar-refractivity contribution >= 4 is 95.7 Å². The maximum Gasteiger partial charge on any atom is 0.257 e. The summed E-state index contributed by atoms with van der Waals surface area (Å²) in [6.45, 7) is 0. The second-order valence-electron chi connectivity index (χ2n) is 6.09. The van der Waals surface area contributed by atoms with Gasteiger partial charge in [0, 0.05) is 18.3 Å². The molecule has 0 aliphatic heterocycles. The summed E-state index contributed by atoms with van der Waals surface area (Å²) in [4.78, 5) is 17.2. The number of aromatic nitrogens is 1. The zero-order valence-electron chi connectivity index (χ0n) is 14.8. The molecule has 0 radical (unpaired) electrons. The average molecular weight is 641 g/mol. The molecule has 2 N–H and O–H groups in total. The van der Waals surface area contributed by atoms with Gasteiger partial charge in [-0.2, -0.15) is 0 Å². The summed E-state index contributed by atoms with van der Waals surface area (Å²) in [5.41, 5.74) is 3.27. The molecular formula is C21H13I2N3OS2. The van der Waals surface area contributed by atoms with Gasteiger partial charge in [0.15, 0.2) is 5.11 Å². The van der Waals surface area contributed by atoms with Crippen molar-refractivity contribution in [2.45, 2.75) is 0 Å². The van der Waals surface area contributed by atoms with E-state index < -0.39 is 0 Å². The van der Waals surface area contributed by atoms with Crippen LogP contribution in [0.15, 0.2) is 66.7 Å². The molecule has 0 spiro atoms. The zero-order chi connectivity index (χ0) is 20.4. The Labute approximate surface area is 204 Å². The highest BCUT2D eigenvalue weighted by molar-refractivity contribution is 14.1. The van der Waals surface area contributed by atoms with Crippen molar-refractivity contribution in [2.75, 3.05) is 5.32 Å². The number of nitrogens with zero attached hydrogens (tertiary/aromatic N) is 1. The quantitative estimate of drug-likeness (QED) is 0.204. The number of carbonyl (C=O) groups is 1. The Kier molecular flexibility index (Phi) is 6.42. The van der Waals surface area contributed by atoms with E-state index >= 15 is 0 Å². The topological polar surface area (TPSA) is 54.0 Å².